The number of hydrogen-bond acceptors (Lipinski definition) is 3. The molecule has 1 aliphatic heterocycles. The highest BCUT2D eigenvalue weighted by Gasteiger charge is 2.31. The summed E-state index contributed by atoms with van der Waals surface area (Å²) in [5.74, 6) is 0.504. The van der Waals surface area contributed by atoms with Gasteiger partial charge in [-0.25, -0.2) is 8.42 Å². The van der Waals surface area contributed by atoms with Gasteiger partial charge in [0.15, 0.2) is 0 Å². The number of sulfonamides is 1. The average Bonchev–Trinajstić information content (AvgIpc) is 2.96. The van der Waals surface area contributed by atoms with Crippen molar-refractivity contribution in [1.82, 2.24) is 9.62 Å². The number of hydrogen-bond donors (Lipinski definition) is 1. The molecular weight excluding hydrogens is 272 g/mol. The van der Waals surface area contributed by atoms with Crippen LogP contribution in [0.4, 0.5) is 0 Å². The van der Waals surface area contributed by atoms with Crippen LogP contribution >= 0.6 is 0 Å². The van der Waals surface area contributed by atoms with Crippen molar-refractivity contribution in [3.05, 3.63) is 29.8 Å². The van der Waals surface area contributed by atoms with Gasteiger partial charge in [0.2, 0.25) is 10.0 Å². The zero-order valence-corrected chi connectivity index (χ0v) is 13.3. The van der Waals surface area contributed by atoms with E-state index in [0.29, 0.717) is 23.9 Å². The van der Waals surface area contributed by atoms with Gasteiger partial charge in [-0.05, 0) is 44.0 Å². The first-order valence-corrected chi connectivity index (χ1v) is 8.70. The Morgan fingerprint density at radius 2 is 2.20 bits per heavy atom. The van der Waals surface area contributed by atoms with Crippen molar-refractivity contribution in [2.45, 2.75) is 37.6 Å². The van der Waals surface area contributed by atoms with Crippen LogP contribution in [-0.2, 0) is 10.0 Å². The summed E-state index contributed by atoms with van der Waals surface area (Å²) >= 11 is 0. The Kier molecular flexibility index (Phi) is 4.83. The Labute approximate surface area is 122 Å². The van der Waals surface area contributed by atoms with Gasteiger partial charge in [-0.15, -0.1) is 0 Å². The van der Waals surface area contributed by atoms with E-state index in [-0.39, 0.29) is 6.04 Å². The Morgan fingerprint density at radius 3 is 2.80 bits per heavy atom. The van der Waals surface area contributed by atoms with E-state index in [1.165, 1.54) is 0 Å². The second-order valence-corrected chi connectivity index (χ2v) is 7.45. The Hall–Kier alpha value is -0.910. The van der Waals surface area contributed by atoms with Crippen LogP contribution in [0.5, 0.6) is 0 Å². The molecule has 0 aromatic heterocycles. The maximum atomic E-state index is 12.7. The third kappa shape index (κ3) is 3.05. The zero-order chi connectivity index (χ0) is 14.8. The van der Waals surface area contributed by atoms with Gasteiger partial charge in [-0.3, -0.25) is 0 Å². The molecule has 20 heavy (non-hydrogen) atoms. The average molecular weight is 296 g/mol. The molecule has 0 aliphatic carbocycles. The summed E-state index contributed by atoms with van der Waals surface area (Å²) in [6.45, 7) is 5.45. The van der Waals surface area contributed by atoms with Crippen LogP contribution in [0.3, 0.4) is 0 Å². The number of nitrogens with one attached hydrogen (secondary N) is 1. The lowest BCUT2D eigenvalue weighted by Gasteiger charge is -2.18. The van der Waals surface area contributed by atoms with Gasteiger partial charge in [0.05, 0.1) is 4.90 Å². The van der Waals surface area contributed by atoms with Gasteiger partial charge < -0.3 is 5.32 Å². The van der Waals surface area contributed by atoms with E-state index in [1.807, 2.05) is 26.1 Å². The summed E-state index contributed by atoms with van der Waals surface area (Å²) in [5.41, 5.74) is 1.000. The molecule has 0 bridgehead atoms. The molecule has 0 radical (unpaired) electrons. The molecule has 1 aromatic carbocycles. The van der Waals surface area contributed by atoms with Crippen LogP contribution < -0.4 is 5.32 Å². The lowest BCUT2D eigenvalue weighted by atomic mass is 10.1. The fourth-order valence-electron chi connectivity index (χ4n) is 2.61. The summed E-state index contributed by atoms with van der Waals surface area (Å²) in [7, 11) is -1.47. The summed E-state index contributed by atoms with van der Waals surface area (Å²) in [4.78, 5) is 0.411. The molecule has 1 N–H and O–H groups in total. The minimum atomic E-state index is -3.34. The van der Waals surface area contributed by atoms with Gasteiger partial charge in [0.1, 0.15) is 0 Å². The van der Waals surface area contributed by atoms with Crippen LogP contribution in [0.15, 0.2) is 29.2 Å². The SMILES string of the molecule is CCC1CCN(S(=O)(=O)c2cccc(C(C)NC)c2)C1. The Bertz CT molecular complexity index is 557. The molecule has 0 amide bonds. The van der Waals surface area contributed by atoms with Crippen LogP contribution in [0.25, 0.3) is 0 Å². The molecule has 1 fully saturated rings. The predicted molar refractivity (Wildman–Crippen MR) is 81.1 cm³/mol. The standard InChI is InChI=1S/C15H24N2O2S/c1-4-13-8-9-17(11-13)20(18,19)15-7-5-6-14(10-15)12(2)16-3/h5-7,10,12-13,16H,4,8-9,11H2,1-3H3. The van der Waals surface area contributed by atoms with Crippen molar-refractivity contribution in [3.8, 4) is 0 Å². The number of benzene rings is 1. The third-order valence-corrected chi connectivity index (χ3v) is 6.12. The summed E-state index contributed by atoms with van der Waals surface area (Å²) in [5, 5.41) is 3.14. The highest BCUT2D eigenvalue weighted by atomic mass is 32.2. The van der Waals surface area contributed by atoms with Crippen molar-refractivity contribution in [2.24, 2.45) is 5.92 Å². The first-order valence-electron chi connectivity index (χ1n) is 7.26. The zero-order valence-electron chi connectivity index (χ0n) is 12.5. The summed E-state index contributed by atoms with van der Waals surface area (Å²) in [6.07, 6.45) is 2.02. The molecule has 1 heterocycles. The quantitative estimate of drug-likeness (QED) is 0.907. The van der Waals surface area contributed by atoms with Gasteiger partial charge >= 0.3 is 0 Å². The van der Waals surface area contributed by atoms with E-state index in [0.717, 1.165) is 18.4 Å². The number of rotatable bonds is 5. The maximum absolute atomic E-state index is 12.7. The normalized spacial score (nSPS) is 22.1. The Balaban J connectivity index is 2.26. The predicted octanol–water partition coefficient (Wildman–Crippen LogP) is 2.39. The van der Waals surface area contributed by atoms with Gasteiger partial charge in [0, 0.05) is 19.1 Å². The van der Waals surface area contributed by atoms with Gasteiger partial charge in [-0.1, -0.05) is 25.5 Å². The molecule has 1 aliphatic rings. The highest BCUT2D eigenvalue weighted by Crippen LogP contribution is 2.27. The van der Waals surface area contributed by atoms with Crippen molar-refractivity contribution in [3.63, 3.8) is 0 Å². The smallest absolute Gasteiger partial charge is 0.243 e. The van der Waals surface area contributed by atoms with E-state index in [2.05, 4.69) is 12.2 Å². The minimum Gasteiger partial charge on any atom is -0.313 e. The van der Waals surface area contributed by atoms with Gasteiger partial charge in [-0.2, -0.15) is 4.31 Å². The monoisotopic (exact) mass is 296 g/mol. The number of nitrogens with zero attached hydrogens (tertiary/aromatic N) is 1. The van der Waals surface area contributed by atoms with Crippen LogP contribution in [-0.4, -0.2) is 32.9 Å². The summed E-state index contributed by atoms with van der Waals surface area (Å²) in [6, 6.07) is 7.41. The Morgan fingerprint density at radius 1 is 1.45 bits per heavy atom. The van der Waals surface area contributed by atoms with E-state index in [1.54, 1.807) is 16.4 Å². The van der Waals surface area contributed by atoms with E-state index in [9.17, 15) is 8.42 Å². The largest absolute Gasteiger partial charge is 0.313 e. The van der Waals surface area contributed by atoms with Crippen LogP contribution in [0, 0.1) is 5.92 Å². The lowest BCUT2D eigenvalue weighted by molar-refractivity contribution is 0.453. The van der Waals surface area contributed by atoms with E-state index in [4.69, 9.17) is 0 Å². The fourth-order valence-corrected chi connectivity index (χ4v) is 4.20. The topological polar surface area (TPSA) is 49.4 Å². The van der Waals surface area contributed by atoms with Crippen molar-refractivity contribution >= 4 is 10.0 Å². The molecular formula is C15H24N2O2S. The highest BCUT2D eigenvalue weighted by molar-refractivity contribution is 7.89. The van der Waals surface area contributed by atoms with E-state index < -0.39 is 10.0 Å². The maximum Gasteiger partial charge on any atom is 0.243 e. The minimum absolute atomic E-state index is 0.145. The van der Waals surface area contributed by atoms with Gasteiger partial charge in [0.25, 0.3) is 0 Å². The lowest BCUT2D eigenvalue weighted by Crippen LogP contribution is -2.29. The second-order valence-electron chi connectivity index (χ2n) is 5.51. The molecule has 112 valence electrons. The van der Waals surface area contributed by atoms with Crippen molar-refractivity contribution in [2.75, 3.05) is 20.1 Å². The second kappa shape index (κ2) is 6.24. The van der Waals surface area contributed by atoms with Crippen molar-refractivity contribution in [1.29, 1.82) is 0 Å². The molecule has 1 saturated heterocycles. The van der Waals surface area contributed by atoms with Crippen LogP contribution in [0.1, 0.15) is 38.3 Å². The van der Waals surface area contributed by atoms with Crippen molar-refractivity contribution < 1.29 is 8.42 Å². The first kappa shape index (κ1) is 15.5. The molecule has 0 saturated carbocycles. The molecule has 1 aromatic rings. The third-order valence-electron chi connectivity index (χ3n) is 4.25. The molecule has 0 spiro atoms. The summed E-state index contributed by atoms with van der Waals surface area (Å²) < 4.78 is 27.0. The first-order chi connectivity index (χ1) is 9.48. The van der Waals surface area contributed by atoms with E-state index >= 15 is 0 Å². The molecule has 4 nitrogen and oxygen atoms in total. The molecule has 2 atom stereocenters. The molecule has 2 unspecified atom stereocenters. The molecule has 2 rings (SSSR count). The van der Waals surface area contributed by atoms with Crippen LogP contribution in [0.2, 0.25) is 0 Å². The fraction of sp³-hybridized carbons (Fsp3) is 0.600. The molecule has 5 heteroatoms.